The maximum absolute atomic E-state index is 6.48. The highest BCUT2D eigenvalue weighted by Gasteiger charge is 2.31. The predicted octanol–water partition coefficient (Wildman–Crippen LogP) is 3.63. The third-order valence-electron chi connectivity index (χ3n) is 3.72. The highest BCUT2D eigenvalue weighted by molar-refractivity contribution is 9.10. The van der Waals surface area contributed by atoms with Gasteiger partial charge in [0.05, 0.1) is 13.7 Å². The molecule has 2 aromatic carbocycles. The van der Waals surface area contributed by atoms with Crippen LogP contribution in [0.4, 0.5) is 0 Å². The number of hydrogen-bond acceptors (Lipinski definition) is 3. The first-order chi connectivity index (χ1) is 9.70. The van der Waals surface area contributed by atoms with Crippen molar-refractivity contribution in [1.82, 2.24) is 0 Å². The lowest BCUT2D eigenvalue weighted by Gasteiger charge is -2.21. The minimum Gasteiger partial charge on any atom is -0.496 e. The van der Waals surface area contributed by atoms with E-state index in [0.29, 0.717) is 6.61 Å². The summed E-state index contributed by atoms with van der Waals surface area (Å²) in [6.07, 6.45) is 0. The van der Waals surface area contributed by atoms with E-state index < -0.39 is 0 Å². The Balaban J connectivity index is 1.98. The van der Waals surface area contributed by atoms with E-state index in [1.54, 1.807) is 7.11 Å². The summed E-state index contributed by atoms with van der Waals surface area (Å²) in [7, 11) is 1.67. The van der Waals surface area contributed by atoms with Gasteiger partial charge in [0.15, 0.2) is 0 Å². The predicted molar refractivity (Wildman–Crippen MR) is 82.3 cm³/mol. The first kappa shape index (κ1) is 13.5. The minimum atomic E-state index is -0.161. The molecular formula is C16H16BrNO2. The highest BCUT2D eigenvalue weighted by atomic mass is 79.9. The van der Waals surface area contributed by atoms with Gasteiger partial charge in [-0.3, -0.25) is 0 Å². The molecule has 0 aliphatic carbocycles. The minimum absolute atomic E-state index is 0.148. The Morgan fingerprint density at radius 2 is 2.10 bits per heavy atom. The van der Waals surface area contributed by atoms with Crippen molar-refractivity contribution in [2.24, 2.45) is 5.73 Å². The van der Waals surface area contributed by atoms with Gasteiger partial charge < -0.3 is 15.2 Å². The van der Waals surface area contributed by atoms with Crippen LogP contribution in [0.2, 0.25) is 0 Å². The monoisotopic (exact) mass is 333 g/mol. The summed E-state index contributed by atoms with van der Waals surface area (Å²) >= 11 is 3.49. The molecule has 0 bridgehead atoms. The Morgan fingerprint density at radius 3 is 2.90 bits per heavy atom. The fraction of sp³-hybridized carbons (Fsp3) is 0.250. The third kappa shape index (κ3) is 2.30. The van der Waals surface area contributed by atoms with Gasteiger partial charge in [0.2, 0.25) is 0 Å². The maximum Gasteiger partial charge on any atom is 0.123 e. The standard InChI is InChI=1S/C16H16BrNO2/c1-19-14-7-6-10(17)8-12(14)16(18)13-9-20-15-5-3-2-4-11(13)15/h2-8,13,16H,9,18H2,1H3. The lowest BCUT2D eigenvalue weighted by molar-refractivity contribution is 0.312. The van der Waals surface area contributed by atoms with Crippen molar-refractivity contribution in [3.8, 4) is 11.5 Å². The Bertz CT molecular complexity index is 630. The van der Waals surface area contributed by atoms with Gasteiger partial charge in [-0.25, -0.2) is 0 Å². The zero-order valence-corrected chi connectivity index (χ0v) is 12.8. The van der Waals surface area contributed by atoms with E-state index in [4.69, 9.17) is 15.2 Å². The van der Waals surface area contributed by atoms with Crippen LogP contribution in [-0.2, 0) is 0 Å². The van der Waals surface area contributed by atoms with E-state index in [0.717, 1.165) is 21.5 Å². The van der Waals surface area contributed by atoms with Gasteiger partial charge in [0.25, 0.3) is 0 Å². The van der Waals surface area contributed by atoms with Crippen molar-refractivity contribution in [2.45, 2.75) is 12.0 Å². The molecule has 0 amide bonds. The van der Waals surface area contributed by atoms with E-state index in [2.05, 4.69) is 22.0 Å². The summed E-state index contributed by atoms with van der Waals surface area (Å²) in [6.45, 7) is 0.607. The van der Waals surface area contributed by atoms with Crippen LogP contribution in [0.5, 0.6) is 11.5 Å². The molecule has 0 radical (unpaired) electrons. The van der Waals surface area contributed by atoms with Crippen molar-refractivity contribution in [1.29, 1.82) is 0 Å². The molecule has 0 aromatic heterocycles. The first-order valence-electron chi connectivity index (χ1n) is 6.51. The molecule has 0 saturated carbocycles. The topological polar surface area (TPSA) is 44.5 Å². The number of rotatable bonds is 3. The Hall–Kier alpha value is -1.52. The maximum atomic E-state index is 6.48. The van der Waals surface area contributed by atoms with Crippen LogP contribution in [0.3, 0.4) is 0 Å². The van der Waals surface area contributed by atoms with Gasteiger partial charge in [0, 0.05) is 27.6 Å². The fourth-order valence-corrected chi connectivity index (χ4v) is 3.05. The van der Waals surface area contributed by atoms with Crippen molar-refractivity contribution in [3.63, 3.8) is 0 Å². The highest BCUT2D eigenvalue weighted by Crippen LogP contribution is 2.42. The number of methoxy groups -OCH3 is 1. The lowest BCUT2D eigenvalue weighted by atomic mass is 9.89. The Morgan fingerprint density at radius 1 is 1.30 bits per heavy atom. The van der Waals surface area contributed by atoms with E-state index in [1.165, 1.54) is 5.56 Å². The molecule has 2 atom stereocenters. The smallest absolute Gasteiger partial charge is 0.123 e. The summed E-state index contributed by atoms with van der Waals surface area (Å²) in [6, 6.07) is 13.8. The van der Waals surface area contributed by atoms with Gasteiger partial charge in [-0.05, 0) is 24.3 Å². The average molecular weight is 334 g/mol. The van der Waals surface area contributed by atoms with E-state index in [-0.39, 0.29) is 12.0 Å². The van der Waals surface area contributed by atoms with Crippen LogP contribution in [0, 0.1) is 0 Å². The van der Waals surface area contributed by atoms with Crippen LogP contribution in [-0.4, -0.2) is 13.7 Å². The number of nitrogens with two attached hydrogens (primary N) is 1. The van der Waals surface area contributed by atoms with Crippen LogP contribution < -0.4 is 15.2 Å². The van der Waals surface area contributed by atoms with Crippen LogP contribution >= 0.6 is 15.9 Å². The molecule has 0 saturated heterocycles. The summed E-state index contributed by atoms with van der Waals surface area (Å²) < 4.78 is 12.1. The summed E-state index contributed by atoms with van der Waals surface area (Å²) in [5, 5.41) is 0. The van der Waals surface area contributed by atoms with Gasteiger partial charge in [-0.1, -0.05) is 34.1 Å². The molecule has 20 heavy (non-hydrogen) atoms. The number of hydrogen-bond donors (Lipinski definition) is 1. The summed E-state index contributed by atoms with van der Waals surface area (Å²) in [5.74, 6) is 1.89. The van der Waals surface area contributed by atoms with Crippen LogP contribution in [0.1, 0.15) is 23.1 Å². The molecule has 0 fully saturated rings. The molecule has 0 spiro atoms. The zero-order valence-electron chi connectivity index (χ0n) is 11.2. The van der Waals surface area contributed by atoms with Crippen LogP contribution in [0.15, 0.2) is 46.9 Å². The molecule has 2 aromatic rings. The third-order valence-corrected chi connectivity index (χ3v) is 4.21. The molecule has 2 N–H and O–H groups in total. The first-order valence-corrected chi connectivity index (χ1v) is 7.30. The molecule has 1 aliphatic heterocycles. The second-order valence-corrected chi connectivity index (χ2v) is 5.78. The summed E-state index contributed by atoms with van der Waals surface area (Å²) in [4.78, 5) is 0. The molecule has 2 unspecified atom stereocenters. The van der Waals surface area contributed by atoms with Crippen molar-refractivity contribution in [2.75, 3.05) is 13.7 Å². The second-order valence-electron chi connectivity index (χ2n) is 4.87. The Kier molecular flexibility index (Phi) is 3.68. The molecule has 104 valence electrons. The zero-order chi connectivity index (χ0) is 14.1. The molecule has 1 aliphatic rings. The quantitative estimate of drug-likeness (QED) is 0.932. The average Bonchev–Trinajstić information content (AvgIpc) is 2.90. The van der Waals surface area contributed by atoms with Crippen molar-refractivity contribution in [3.05, 3.63) is 58.1 Å². The van der Waals surface area contributed by atoms with Crippen molar-refractivity contribution < 1.29 is 9.47 Å². The second kappa shape index (κ2) is 5.46. The van der Waals surface area contributed by atoms with Crippen molar-refractivity contribution >= 4 is 15.9 Å². The number of halogens is 1. The van der Waals surface area contributed by atoms with Gasteiger partial charge in [0.1, 0.15) is 11.5 Å². The number of fused-ring (bicyclic) bond motifs is 1. The number of benzene rings is 2. The van der Waals surface area contributed by atoms with Gasteiger partial charge in [-0.15, -0.1) is 0 Å². The lowest BCUT2D eigenvalue weighted by Crippen LogP contribution is -2.21. The Labute approximate surface area is 126 Å². The molecule has 1 heterocycles. The molecular weight excluding hydrogens is 318 g/mol. The van der Waals surface area contributed by atoms with Gasteiger partial charge >= 0.3 is 0 Å². The van der Waals surface area contributed by atoms with Crippen LogP contribution in [0.25, 0.3) is 0 Å². The fourth-order valence-electron chi connectivity index (χ4n) is 2.67. The SMILES string of the molecule is COc1ccc(Br)cc1C(N)C1COc2ccccc21. The summed E-state index contributed by atoms with van der Waals surface area (Å²) in [5.41, 5.74) is 8.64. The van der Waals surface area contributed by atoms with E-state index >= 15 is 0 Å². The number of para-hydroxylation sites is 1. The molecule has 3 rings (SSSR count). The number of ether oxygens (including phenoxy) is 2. The normalized spacial score (nSPS) is 18.2. The molecule has 4 heteroatoms. The largest absolute Gasteiger partial charge is 0.496 e. The van der Waals surface area contributed by atoms with E-state index in [9.17, 15) is 0 Å². The van der Waals surface area contributed by atoms with E-state index in [1.807, 2.05) is 36.4 Å². The molecule has 3 nitrogen and oxygen atoms in total. The van der Waals surface area contributed by atoms with Gasteiger partial charge in [-0.2, -0.15) is 0 Å².